The maximum atomic E-state index is 12.6. The van der Waals surface area contributed by atoms with Crippen LogP contribution in [-0.4, -0.2) is 18.6 Å². The lowest BCUT2D eigenvalue weighted by Gasteiger charge is -2.10. The van der Waals surface area contributed by atoms with Gasteiger partial charge in [-0.05, 0) is 30.7 Å². The molecule has 0 saturated heterocycles. The van der Waals surface area contributed by atoms with E-state index in [1.807, 2.05) is 6.92 Å². The number of hydrogen-bond acceptors (Lipinski definition) is 6. The normalized spacial score (nSPS) is 11.6. The highest BCUT2D eigenvalue weighted by molar-refractivity contribution is 7.94. The maximum absolute atomic E-state index is 12.6. The third kappa shape index (κ3) is 3.31. The zero-order valence-corrected chi connectivity index (χ0v) is 15.3. The van der Waals surface area contributed by atoms with Gasteiger partial charge in [0.15, 0.2) is 0 Å². The van der Waals surface area contributed by atoms with E-state index in [2.05, 4.69) is 14.9 Å². The standard InChI is InChI=1S/C15H14ClN3O3S2/c1-3-13-17-18-15(22-13)10-7-14(23-8-10)24(20,21)19-12-6-4-5-11(16)9(12)2/h4-8,19H,3H2,1-2H3. The highest BCUT2D eigenvalue weighted by Crippen LogP contribution is 2.30. The van der Waals surface area contributed by atoms with E-state index in [0.717, 1.165) is 11.3 Å². The van der Waals surface area contributed by atoms with E-state index in [1.54, 1.807) is 30.5 Å². The van der Waals surface area contributed by atoms with E-state index < -0.39 is 10.0 Å². The molecule has 0 spiro atoms. The number of hydrogen-bond donors (Lipinski definition) is 1. The van der Waals surface area contributed by atoms with Crippen LogP contribution in [0.25, 0.3) is 11.5 Å². The van der Waals surface area contributed by atoms with Gasteiger partial charge in [0.05, 0.1) is 11.3 Å². The molecule has 126 valence electrons. The molecule has 1 aromatic carbocycles. The molecular formula is C15H14ClN3O3S2. The first kappa shape index (κ1) is 16.9. The largest absolute Gasteiger partial charge is 0.421 e. The Labute approximate surface area is 148 Å². The number of benzene rings is 1. The topological polar surface area (TPSA) is 85.1 Å². The highest BCUT2D eigenvalue weighted by atomic mass is 35.5. The Balaban J connectivity index is 1.89. The van der Waals surface area contributed by atoms with Crippen molar-refractivity contribution in [3.05, 3.63) is 46.1 Å². The summed E-state index contributed by atoms with van der Waals surface area (Å²) in [5.74, 6) is 0.816. The lowest BCUT2D eigenvalue weighted by atomic mass is 10.2. The Bertz CT molecular complexity index is 980. The molecule has 2 heterocycles. The summed E-state index contributed by atoms with van der Waals surface area (Å²) in [4.78, 5) is 0. The number of aromatic nitrogens is 2. The Morgan fingerprint density at radius 1 is 1.33 bits per heavy atom. The molecule has 3 aromatic rings. The average molecular weight is 384 g/mol. The number of rotatable bonds is 5. The molecule has 6 nitrogen and oxygen atoms in total. The van der Waals surface area contributed by atoms with Crippen LogP contribution in [0.4, 0.5) is 5.69 Å². The highest BCUT2D eigenvalue weighted by Gasteiger charge is 2.20. The fourth-order valence-electron chi connectivity index (χ4n) is 2.00. The van der Waals surface area contributed by atoms with Gasteiger partial charge in [-0.15, -0.1) is 21.5 Å². The SMILES string of the molecule is CCc1nnc(-c2csc(S(=O)(=O)Nc3cccc(Cl)c3C)c2)o1. The number of sulfonamides is 1. The van der Waals surface area contributed by atoms with Crippen LogP contribution in [0.5, 0.6) is 0 Å². The van der Waals surface area contributed by atoms with Gasteiger partial charge in [-0.1, -0.05) is 24.6 Å². The lowest BCUT2D eigenvalue weighted by molar-refractivity contribution is 0.513. The monoisotopic (exact) mass is 383 g/mol. The number of anilines is 1. The van der Waals surface area contributed by atoms with Crippen molar-refractivity contribution in [2.45, 2.75) is 24.5 Å². The van der Waals surface area contributed by atoms with Gasteiger partial charge < -0.3 is 4.42 Å². The number of nitrogens with zero attached hydrogens (tertiary/aromatic N) is 2. The molecule has 0 amide bonds. The smallest absolute Gasteiger partial charge is 0.271 e. The summed E-state index contributed by atoms with van der Waals surface area (Å²) in [7, 11) is -3.72. The molecule has 0 aliphatic rings. The van der Waals surface area contributed by atoms with Crippen LogP contribution in [0.15, 0.2) is 38.3 Å². The summed E-state index contributed by atoms with van der Waals surface area (Å²) in [5, 5.41) is 9.97. The van der Waals surface area contributed by atoms with E-state index in [-0.39, 0.29) is 4.21 Å². The molecule has 9 heteroatoms. The molecule has 0 unspecified atom stereocenters. The van der Waals surface area contributed by atoms with Gasteiger partial charge in [-0.2, -0.15) is 0 Å². The molecule has 0 aliphatic heterocycles. The first-order valence-electron chi connectivity index (χ1n) is 7.10. The molecule has 0 saturated carbocycles. The van der Waals surface area contributed by atoms with Crippen LogP contribution < -0.4 is 4.72 Å². The van der Waals surface area contributed by atoms with Gasteiger partial charge in [0.25, 0.3) is 10.0 Å². The second-order valence-corrected chi connectivity index (χ2v) is 8.25. The molecule has 3 rings (SSSR count). The van der Waals surface area contributed by atoms with Gasteiger partial charge in [0, 0.05) is 16.8 Å². The van der Waals surface area contributed by atoms with Crippen molar-refractivity contribution in [3.8, 4) is 11.5 Å². The molecular weight excluding hydrogens is 370 g/mol. The van der Waals surface area contributed by atoms with Crippen LogP contribution in [0.1, 0.15) is 18.4 Å². The van der Waals surface area contributed by atoms with Gasteiger partial charge in [0.2, 0.25) is 11.8 Å². The predicted molar refractivity (Wildman–Crippen MR) is 94.0 cm³/mol. The van der Waals surface area contributed by atoms with Crippen LogP contribution in [0.3, 0.4) is 0 Å². The van der Waals surface area contributed by atoms with Gasteiger partial charge in [-0.25, -0.2) is 8.42 Å². The van der Waals surface area contributed by atoms with E-state index >= 15 is 0 Å². The summed E-state index contributed by atoms with van der Waals surface area (Å²) in [5.41, 5.74) is 1.70. The minimum atomic E-state index is -3.72. The van der Waals surface area contributed by atoms with Crippen LogP contribution >= 0.6 is 22.9 Å². The molecule has 0 fully saturated rings. The van der Waals surface area contributed by atoms with E-state index in [1.165, 1.54) is 6.07 Å². The fraction of sp³-hybridized carbons (Fsp3) is 0.200. The third-order valence-corrected chi connectivity index (χ3v) is 6.58. The second-order valence-electron chi connectivity index (χ2n) is 5.03. The van der Waals surface area contributed by atoms with Crippen molar-refractivity contribution in [1.82, 2.24) is 10.2 Å². The van der Waals surface area contributed by atoms with Crippen molar-refractivity contribution in [3.63, 3.8) is 0 Å². The fourth-order valence-corrected chi connectivity index (χ4v) is 4.45. The minimum absolute atomic E-state index is 0.160. The maximum Gasteiger partial charge on any atom is 0.271 e. The quantitative estimate of drug-likeness (QED) is 0.716. The molecule has 0 bridgehead atoms. The van der Waals surface area contributed by atoms with Crippen molar-refractivity contribution < 1.29 is 12.8 Å². The van der Waals surface area contributed by atoms with Gasteiger partial charge >= 0.3 is 0 Å². The first-order valence-corrected chi connectivity index (χ1v) is 9.84. The van der Waals surface area contributed by atoms with Crippen LogP contribution in [0, 0.1) is 6.92 Å². The van der Waals surface area contributed by atoms with Gasteiger partial charge in [0.1, 0.15) is 4.21 Å². The summed E-state index contributed by atoms with van der Waals surface area (Å²) in [6.45, 7) is 3.66. The predicted octanol–water partition coefficient (Wildman–Crippen LogP) is 4.12. The molecule has 0 atom stereocenters. The van der Waals surface area contributed by atoms with Crippen molar-refractivity contribution in [1.29, 1.82) is 0 Å². The molecule has 24 heavy (non-hydrogen) atoms. The third-order valence-electron chi connectivity index (χ3n) is 3.37. The Morgan fingerprint density at radius 2 is 2.12 bits per heavy atom. The zero-order valence-electron chi connectivity index (χ0n) is 12.9. The Hall–Kier alpha value is -1.90. The minimum Gasteiger partial charge on any atom is -0.421 e. The number of aryl methyl sites for hydroxylation is 1. The summed E-state index contributed by atoms with van der Waals surface area (Å²) >= 11 is 7.12. The molecule has 1 N–H and O–H groups in total. The number of nitrogens with one attached hydrogen (secondary N) is 1. The van der Waals surface area contributed by atoms with E-state index in [0.29, 0.717) is 40.0 Å². The number of thiophene rings is 1. The number of halogens is 1. The molecule has 2 aromatic heterocycles. The summed E-state index contributed by atoms with van der Waals surface area (Å²) < 4.78 is 33.3. The zero-order chi connectivity index (χ0) is 17.3. The Morgan fingerprint density at radius 3 is 2.83 bits per heavy atom. The van der Waals surface area contributed by atoms with Crippen LogP contribution in [0.2, 0.25) is 5.02 Å². The van der Waals surface area contributed by atoms with E-state index in [9.17, 15) is 8.42 Å². The van der Waals surface area contributed by atoms with Crippen molar-refractivity contribution in [2.75, 3.05) is 4.72 Å². The van der Waals surface area contributed by atoms with Crippen LogP contribution in [-0.2, 0) is 16.4 Å². The summed E-state index contributed by atoms with van der Waals surface area (Å²) in [6, 6.07) is 6.58. The Kier molecular flexibility index (Phi) is 4.62. The lowest BCUT2D eigenvalue weighted by Crippen LogP contribution is -2.12. The first-order chi connectivity index (χ1) is 11.4. The average Bonchev–Trinajstić information content (AvgIpc) is 3.20. The molecule has 0 aliphatic carbocycles. The summed E-state index contributed by atoms with van der Waals surface area (Å²) in [6.07, 6.45) is 0.623. The molecule has 0 radical (unpaired) electrons. The second kappa shape index (κ2) is 6.54. The van der Waals surface area contributed by atoms with Crippen molar-refractivity contribution in [2.24, 2.45) is 0 Å². The van der Waals surface area contributed by atoms with Gasteiger partial charge in [-0.3, -0.25) is 4.72 Å². The van der Waals surface area contributed by atoms with Crippen molar-refractivity contribution >= 4 is 38.6 Å². The van der Waals surface area contributed by atoms with E-state index in [4.69, 9.17) is 16.0 Å².